The Balaban J connectivity index is 2.57. The highest BCUT2D eigenvalue weighted by atomic mass is 35.5. The Morgan fingerprint density at radius 2 is 2.12 bits per heavy atom. The van der Waals surface area contributed by atoms with Gasteiger partial charge < -0.3 is 10.1 Å². The van der Waals surface area contributed by atoms with Gasteiger partial charge in [-0.25, -0.2) is 4.79 Å². The highest BCUT2D eigenvalue weighted by molar-refractivity contribution is 7.19. The summed E-state index contributed by atoms with van der Waals surface area (Å²) >= 11 is 7.03. The first-order valence-electron chi connectivity index (χ1n) is 4.29. The molecule has 2 aromatic heterocycles. The molecule has 0 radical (unpaired) electrons. The summed E-state index contributed by atoms with van der Waals surface area (Å²) in [5.74, 6) is -1.13. The van der Waals surface area contributed by atoms with Gasteiger partial charge in [-0.1, -0.05) is 11.6 Å². The van der Waals surface area contributed by atoms with Crippen LogP contribution in [0.3, 0.4) is 0 Å². The van der Waals surface area contributed by atoms with Gasteiger partial charge in [-0.15, -0.1) is 11.3 Å². The standard InChI is InChI=1S/C10H6ClNO3S/c11-8-2-1-7(16-8)6-3-5(10(14)15)4-9(13)12-6/h1-4H,(H,12,13)(H,14,15). The van der Waals surface area contributed by atoms with Gasteiger partial charge in [0, 0.05) is 6.07 Å². The van der Waals surface area contributed by atoms with Crippen molar-refractivity contribution in [2.45, 2.75) is 0 Å². The van der Waals surface area contributed by atoms with E-state index in [1.807, 2.05) is 0 Å². The van der Waals surface area contributed by atoms with Crippen molar-refractivity contribution in [3.05, 3.63) is 44.5 Å². The third kappa shape index (κ3) is 2.15. The van der Waals surface area contributed by atoms with Crippen molar-refractivity contribution >= 4 is 28.9 Å². The molecule has 0 atom stereocenters. The van der Waals surface area contributed by atoms with E-state index < -0.39 is 11.5 Å². The van der Waals surface area contributed by atoms with Crippen molar-refractivity contribution < 1.29 is 9.90 Å². The second-order valence-electron chi connectivity index (χ2n) is 3.06. The number of nitrogens with one attached hydrogen (secondary N) is 1. The largest absolute Gasteiger partial charge is 0.478 e. The molecule has 0 aromatic carbocycles. The average molecular weight is 256 g/mol. The molecule has 6 heteroatoms. The Bertz CT molecular complexity index is 602. The van der Waals surface area contributed by atoms with Gasteiger partial charge in [-0.3, -0.25) is 4.79 Å². The Labute approximate surface area is 99.1 Å². The number of thiophene rings is 1. The number of carboxylic acid groups (broad SMARTS) is 1. The number of hydrogen-bond acceptors (Lipinski definition) is 3. The fraction of sp³-hybridized carbons (Fsp3) is 0. The highest BCUT2D eigenvalue weighted by Gasteiger charge is 2.08. The van der Waals surface area contributed by atoms with Crippen LogP contribution in [0.4, 0.5) is 0 Å². The van der Waals surface area contributed by atoms with Crippen LogP contribution in [0.1, 0.15) is 10.4 Å². The number of aromatic amines is 1. The highest BCUT2D eigenvalue weighted by Crippen LogP contribution is 2.29. The third-order valence-electron chi connectivity index (χ3n) is 1.93. The van der Waals surface area contributed by atoms with Crippen molar-refractivity contribution in [2.24, 2.45) is 0 Å². The van der Waals surface area contributed by atoms with E-state index in [1.54, 1.807) is 12.1 Å². The Morgan fingerprint density at radius 1 is 1.38 bits per heavy atom. The first-order chi connectivity index (χ1) is 7.56. The summed E-state index contributed by atoms with van der Waals surface area (Å²) in [6.07, 6.45) is 0. The fourth-order valence-electron chi connectivity index (χ4n) is 1.26. The first-order valence-corrected chi connectivity index (χ1v) is 5.49. The maximum atomic E-state index is 11.2. The first kappa shape index (κ1) is 10.9. The molecule has 82 valence electrons. The molecule has 2 heterocycles. The predicted molar refractivity (Wildman–Crippen MR) is 62.3 cm³/mol. The number of aromatic carboxylic acids is 1. The topological polar surface area (TPSA) is 70.2 Å². The lowest BCUT2D eigenvalue weighted by molar-refractivity contribution is 0.0696. The predicted octanol–water partition coefficient (Wildman–Crippen LogP) is 2.46. The number of carbonyl (C=O) groups is 1. The van der Waals surface area contributed by atoms with Crippen LogP contribution < -0.4 is 5.56 Å². The molecule has 2 rings (SSSR count). The second-order valence-corrected chi connectivity index (χ2v) is 4.77. The number of halogens is 1. The van der Waals surface area contributed by atoms with Gasteiger partial charge in [0.05, 0.1) is 20.5 Å². The zero-order valence-electron chi connectivity index (χ0n) is 7.86. The van der Waals surface area contributed by atoms with E-state index in [-0.39, 0.29) is 5.56 Å². The summed E-state index contributed by atoms with van der Waals surface area (Å²) in [7, 11) is 0. The minimum Gasteiger partial charge on any atom is -0.478 e. The third-order valence-corrected chi connectivity index (χ3v) is 3.19. The molecule has 0 saturated carbocycles. The molecule has 2 aromatic rings. The van der Waals surface area contributed by atoms with Crippen molar-refractivity contribution in [3.63, 3.8) is 0 Å². The normalized spacial score (nSPS) is 10.3. The summed E-state index contributed by atoms with van der Waals surface area (Å²) in [4.78, 5) is 25.3. The molecule has 0 fully saturated rings. The average Bonchev–Trinajstić information content (AvgIpc) is 2.64. The maximum absolute atomic E-state index is 11.2. The Morgan fingerprint density at radius 3 is 2.69 bits per heavy atom. The van der Waals surface area contributed by atoms with Crippen LogP contribution >= 0.6 is 22.9 Å². The van der Waals surface area contributed by atoms with Crippen LogP contribution in [0.15, 0.2) is 29.1 Å². The number of H-pyrrole nitrogens is 1. The molecule has 0 aliphatic heterocycles. The number of rotatable bonds is 2. The summed E-state index contributed by atoms with van der Waals surface area (Å²) in [5.41, 5.74) is -0.0236. The van der Waals surface area contributed by atoms with E-state index in [0.717, 1.165) is 10.9 Å². The Kier molecular flexibility index (Phi) is 2.80. The molecule has 16 heavy (non-hydrogen) atoms. The fourth-order valence-corrected chi connectivity index (χ4v) is 2.27. The molecular formula is C10H6ClNO3S. The van der Waals surface area contributed by atoms with Crippen LogP contribution in [0, 0.1) is 0 Å². The zero-order valence-corrected chi connectivity index (χ0v) is 9.43. The summed E-state index contributed by atoms with van der Waals surface area (Å²) in [6, 6.07) is 5.87. The van der Waals surface area contributed by atoms with E-state index in [2.05, 4.69) is 4.98 Å². The molecule has 0 aliphatic carbocycles. The van der Waals surface area contributed by atoms with Gasteiger partial charge in [0.2, 0.25) is 5.56 Å². The lowest BCUT2D eigenvalue weighted by Crippen LogP contribution is -2.09. The van der Waals surface area contributed by atoms with Gasteiger partial charge in [-0.05, 0) is 18.2 Å². The SMILES string of the molecule is O=C(O)c1cc(-c2ccc(Cl)s2)[nH]c(=O)c1. The van der Waals surface area contributed by atoms with E-state index in [1.165, 1.54) is 17.4 Å². The van der Waals surface area contributed by atoms with Crippen molar-refractivity contribution in [3.8, 4) is 10.6 Å². The van der Waals surface area contributed by atoms with Gasteiger partial charge in [-0.2, -0.15) is 0 Å². The van der Waals surface area contributed by atoms with Crippen LogP contribution in [0.2, 0.25) is 4.34 Å². The Hall–Kier alpha value is -1.59. The summed E-state index contributed by atoms with van der Waals surface area (Å²) in [5, 5.41) is 8.81. The second kappa shape index (κ2) is 4.11. The molecular weight excluding hydrogens is 250 g/mol. The van der Waals surface area contributed by atoms with Gasteiger partial charge in [0.1, 0.15) is 0 Å². The molecule has 0 unspecified atom stereocenters. The van der Waals surface area contributed by atoms with Gasteiger partial charge in [0.15, 0.2) is 0 Å². The lowest BCUT2D eigenvalue weighted by Gasteiger charge is -1.99. The number of aromatic nitrogens is 1. The summed E-state index contributed by atoms with van der Waals surface area (Å²) in [6.45, 7) is 0. The van der Waals surface area contributed by atoms with Crippen LogP contribution in [-0.4, -0.2) is 16.1 Å². The van der Waals surface area contributed by atoms with E-state index >= 15 is 0 Å². The minimum absolute atomic E-state index is 0.0386. The monoisotopic (exact) mass is 255 g/mol. The maximum Gasteiger partial charge on any atom is 0.335 e. The minimum atomic E-state index is -1.13. The van der Waals surface area contributed by atoms with Crippen molar-refractivity contribution in [2.75, 3.05) is 0 Å². The zero-order chi connectivity index (χ0) is 11.7. The number of hydrogen-bond donors (Lipinski definition) is 2. The molecule has 0 amide bonds. The van der Waals surface area contributed by atoms with E-state index in [0.29, 0.717) is 10.0 Å². The summed E-state index contributed by atoms with van der Waals surface area (Å²) < 4.78 is 0.580. The quantitative estimate of drug-likeness (QED) is 0.866. The number of pyridine rings is 1. The van der Waals surface area contributed by atoms with E-state index in [4.69, 9.17) is 16.7 Å². The van der Waals surface area contributed by atoms with Crippen LogP contribution in [-0.2, 0) is 0 Å². The smallest absolute Gasteiger partial charge is 0.335 e. The molecule has 2 N–H and O–H groups in total. The van der Waals surface area contributed by atoms with Crippen LogP contribution in [0.25, 0.3) is 10.6 Å². The molecule has 4 nitrogen and oxygen atoms in total. The van der Waals surface area contributed by atoms with Gasteiger partial charge >= 0.3 is 5.97 Å². The molecule has 0 spiro atoms. The number of carboxylic acids is 1. The molecule has 0 aliphatic rings. The lowest BCUT2D eigenvalue weighted by atomic mass is 10.2. The molecule has 0 bridgehead atoms. The van der Waals surface area contributed by atoms with Crippen molar-refractivity contribution in [1.29, 1.82) is 0 Å². The van der Waals surface area contributed by atoms with E-state index in [9.17, 15) is 9.59 Å². The van der Waals surface area contributed by atoms with Crippen LogP contribution in [0.5, 0.6) is 0 Å². The van der Waals surface area contributed by atoms with Crippen molar-refractivity contribution in [1.82, 2.24) is 4.98 Å². The van der Waals surface area contributed by atoms with Gasteiger partial charge in [0.25, 0.3) is 0 Å². The molecule has 0 saturated heterocycles.